The van der Waals surface area contributed by atoms with E-state index in [-0.39, 0.29) is 6.42 Å². The van der Waals surface area contributed by atoms with Gasteiger partial charge in [0.15, 0.2) is 0 Å². The van der Waals surface area contributed by atoms with Crippen LogP contribution in [-0.2, 0) is 27.2 Å². The average molecular weight is 424 g/mol. The predicted octanol–water partition coefficient (Wildman–Crippen LogP) is 5.12. The summed E-state index contributed by atoms with van der Waals surface area (Å²) in [5.41, 5.74) is 4.30. The topological polar surface area (TPSA) is 68.1 Å². The Bertz CT molecular complexity index is 824. The van der Waals surface area contributed by atoms with Crippen molar-refractivity contribution in [2.45, 2.75) is 44.9 Å². The van der Waals surface area contributed by atoms with Crippen molar-refractivity contribution < 1.29 is 19.5 Å². The number of aliphatic carboxylic acids is 1. The summed E-state index contributed by atoms with van der Waals surface area (Å²) in [5.74, 6) is 0.581. The van der Waals surface area contributed by atoms with Crippen molar-refractivity contribution in [3.8, 4) is 0 Å². The van der Waals surface area contributed by atoms with Crippen LogP contribution < -0.4 is 0 Å². The summed E-state index contributed by atoms with van der Waals surface area (Å²) in [6.45, 7) is 1.23. The van der Waals surface area contributed by atoms with Crippen molar-refractivity contribution in [3.05, 3.63) is 71.3 Å². The first kappa shape index (κ1) is 23.0. The van der Waals surface area contributed by atoms with Crippen molar-refractivity contribution in [3.63, 3.8) is 0 Å². The molecule has 0 unspecified atom stereocenters. The van der Waals surface area contributed by atoms with Crippen LogP contribution in [0.15, 0.2) is 59.8 Å². The fourth-order valence-corrected chi connectivity index (χ4v) is 4.25. The number of ether oxygens (including phenoxy) is 1. The molecule has 0 atom stereocenters. The van der Waals surface area contributed by atoms with Gasteiger partial charge in [-0.15, -0.1) is 0 Å². The first-order valence-electron chi connectivity index (χ1n) is 11.2. The third kappa shape index (κ3) is 7.83. The van der Waals surface area contributed by atoms with Gasteiger partial charge < -0.3 is 14.7 Å². The number of carboxylic acid groups (broad SMARTS) is 1. The van der Waals surface area contributed by atoms with Gasteiger partial charge in [0.1, 0.15) is 12.8 Å². The molecule has 0 aliphatic heterocycles. The molecule has 31 heavy (non-hydrogen) atoms. The van der Waals surface area contributed by atoms with Gasteiger partial charge in [-0.25, -0.2) is 0 Å². The van der Waals surface area contributed by atoms with Crippen LogP contribution in [-0.4, -0.2) is 37.1 Å². The fraction of sp³-hybridized carbons (Fsp3) is 0.462. The molecule has 0 spiro atoms. The van der Waals surface area contributed by atoms with Crippen LogP contribution in [0.4, 0.5) is 0 Å². The lowest BCUT2D eigenvalue weighted by Gasteiger charge is -2.28. The van der Waals surface area contributed by atoms with Gasteiger partial charge in [-0.1, -0.05) is 59.8 Å². The number of carboxylic acids is 1. The summed E-state index contributed by atoms with van der Waals surface area (Å²) in [6.07, 6.45) is 6.74. The van der Waals surface area contributed by atoms with Gasteiger partial charge in [-0.3, -0.25) is 4.79 Å². The lowest BCUT2D eigenvalue weighted by Crippen LogP contribution is -2.22. The van der Waals surface area contributed by atoms with E-state index >= 15 is 0 Å². The molecule has 5 nitrogen and oxygen atoms in total. The third-order valence-corrected chi connectivity index (χ3v) is 6.04. The molecule has 1 fully saturated rings. The molecule has 0 aromatic heterocycles. The number of nitrogens with zero attached hydrogens (tertiary/aromatic N) is 1. The minimum Gasteiger partial charge on any atom is -0.481 e. The van der Waals surface area contributed by atoms with Crippen LogP contribution in [0.2, 0.25) is 0 Å². The highest BCUT2D eigenvalue weighted by Gasteiger charge is 2.22. The first-order chi connectivity index (χ1) is 15.1. The number of carbonyl (C=O) groups is 1. The van der Waals surface area contributed by atoms with Crippen LogP contribution in [0.1, 0.15) is 48.8 Å². The van der Waals surface area contributed by atoms with Crippen LogP contribution in [0.25, 0.3) is 0 Å². The Hall–Kier alpha value is -2.66. The first-order valence-corrected chi connectivity index (χ1v) is 11.2. The number of benzene rings is 2. The highest BCUT2D eigenvalue weighted by Crippen LogP contribution is 2.31. The Kier molecular flexibility index (Phi) is 9.10. The van der Waals surface area contributed by atoms with Crippen LogP contribution in [0, 0.1) is 11.8 Å². The van der Waals surface area contributed by atoms with E-state index in [1.54, 1.807) is 7.11 Å². The molecular weight excluding hydrogens is 390 g/mol. The monoisotopic (exact) mass is 423 g/mol. The Balaban J connectivity index is 1.37. The molecule has 2 aromatic carbocycles. The van der Waals surface area contributed by atoms with Crippen molar-refractivity contribution >= 4 is 11.7 Å². The summed E-state index contributed by atoms with van der Waals surface area (Å²) in [4.78, 5) is 15.7. The number of aryl methyl sites for hydroxylation is 1. The molecule has 0 bridgehead atoms. The quantitative estimate of drug-likeness (QED) is 0.402. The zero-order chi connectivity index (χ0) is 21.9. The summed E-state index contributed by atoms with van der Waals surface area (Å²) < 4.78 is 6.00. The van der Waals surface area contributed by atoms with Crippen molar-refractivity contribution in [2.75, 3.05) is 20.3 Å². The van der Waals surface area contributed by atoms with Crippen LogP contribution in [0.3, 0.4) is 0 Å². The standard InChI is InChI=1S/C26H33NO4/c1-30-27-25(24-5-3-2-4-6-24)19-31-18-23-13-11-22(12-14-23)17-21-9-7-20(8-10-21)15-16-26(28)29/h2-10,22-23H,11-19H2,1H3,(H,28,29). The average Bonchev–Trinajstić information content (AvgIpc) is 2.80. The maximum Gasteiger partial charge on any atom is 0.303 e. The van der Waals surface area contributed by atoms with Crippen molar-refractivity contribution in [1.29, 1.82) is 0 Å². The van der Waals surface area contributed by atoms with Crippen LogP contribution >= 0.6 is 0 Å². The van der Waals surface area contributed by atoms with Gasteiger partial charge in [-0.05, 0) is 61.5 Å². The Labute approximate surface area is 185 Å². The smallest absolute Gasteiger partial charge is 0.303 e. The maximum atomic E-state index is 10.7. The van der Waals surface area contributed by atoms with Gasteiger partial charge in [0.25, 0.3) is 0 Å². The highest BCUT2D eigenvalue weighted by atomic mass is 16.6. The Morgan fingerprint density at radius 2 is 1.61 bits per heavy atom. The number of rotatable bonds is 11. The molecule has 5 heteroatoms. The largest absolute Gasteiger partial charge is 0.481 e. The van der Waals surface area contributed by atoms with E-state index in [0.29, 0.717) is 18.9 Å². The molecule has 166 valence electrons. The van der Waals surface area contributed by atoms with E-state index in [0.717, 1.165) is 35.8 Å². The number of oxime groups is 1. The predicted molar refractivity (Wildman–Crippen MR) is 122 cm³/mol. The maximum absolute atomic E-state index is 10.7. The molecular formula is C26H33NO4. The second-order valence-electron chi connectivity index (χ2n) is 8.40. The summed E-state index contributed by atoms with van der Waals surface area (Å²) in [7, 11) is 1.56. The van der Waals surface area contributed by atoms with E-state index in [1.165, 1.54) is 31.2 Å². The summed E-state index contributed by atoms with van der Waals surface area (Å²) in [5, 5.41) is 12.9. The molecule has 2 aromatic rings. The third-order valence-electron chi connectivity index (χ3n) is 6.04. The van der Waals surface area contributed by atoms with Gasteiger partial charge in [0.05, 0.1) is 6.61 Å². The van der Waals surface area contributed by atoms with E-state index in [2.05, 4.69) is 29.4 Å². The Morgan fingerprint density at radius 3 is 2.26 bits per heavy atom. The fourth-order valence-electron chi connectivity index (χ4n) is 4.25. The minimum absolute atomic E-state index is 0.190. The zero-order valence-corrected chi connectivity index (χ0v) is 18.3. The van der Waals surface area contributed by atoms with Crippen LogP contribution in [0.5, 0.6) is 0 Å². The summed E-state index contributed by atoms with van der Waals surface area (Å²) >= 11 is 0. The van der Waals surface area contributed by atoms with Gasteiger partial charge in [0.2, 0.25) is 0 Å². The Morgan fingerprint density at radius 1 is 0.968 bits per heavy atom. The molecule has 1 aliphatic carbocycles. The second kappa shape index (κ2) is 12.3. The second-order valence-corrected chi connectivity index (χ2v) is 8.40. The van der Waals surface area contributed by atoms with Gasteiger partial charge in [-0.2, -0.15) is 0 Å². The normalized spacial score (nSPS) is 19.2. The molecule has 0 amide bonds. The molecule has 0 heterocycles. The van der Waals surface area contributed by atoms with E-state index in [4.69, 9.17) is 14.7 Å². The zero-order valence-electron chi connectivity index (χ0n) is 18.3. The lowest BCUT2D eigenvalue weighted by atomic mass is 9.79. The van der Waals surface area contributed by atoms with Gasteiger partial charge >= 0.3 is 5.97 Å². The number of hydrogen-bond acceptors (Lipinski definition) is 4. The lowest BCUT2D eigenvalue weighted by molar-refractivity contribution is -0.136. The number of hydrogen-bond donors (Lipinski definition) is 1. The van der Waals surface area contributed by atoms with E-state index in [9.17, 15) is 4.79 Å². The molecule has 1 aliphatic rings. The SMILES string of the molecule is CON=C(COCC1CCC(Cc2ccc(CCC(=O)O)cc2)CC1)c1ccccc1. The van der Waals surface area contributed by atoms with E-state index < -0.39 is 5.97 Å². The summed E-state index contributed by atoms with van der Waals surface area (Å²) in [6, 6.07) is 18.5. The van der Waals surface area contributed by atoms with Crippen molar-refractivity contribution in [2.24, 2.45) is 17.0 Å². The molecule has 1 saturated carbocycles. The van der Waals surface area contributed by atoms with Gasteiger partial charge in [0, 0.05) is 18.6 Å². The molecule has 0 radical (unpaired) electrons. The highest BCUT2D eigenvalue weighted by molar-refractivity contribution is 6.01. The molecule has 3 rings (SSSR count). The van der Waals surface area contributed by atoms with Crippen molar-refractivity contribution in [1.82, 2.24) is 0 Å². The molecule has 0 saturated heterocycles. The van der Waals surface area contributed by atoms with E-state index in [1.807, 2.05) is 30.3 Å². The minimum atomic E-state index is -0.743. The molecule has 1 N–H and O–H groups in total.